The number of para-hydroxylation sites is 2. The van der Waals surface area contributed by atoms with Crippen LogP contribution in [-0.2, 0) is 0 Å². The van der Waals surface area contributed by atoms with Gasteiger partial charge in [-0.3, -0.25) is 5.43 Å². The van der Waals surface area contributed by atoms with Crippen molar-refractivity contribution in [3.05, 3.63) is 101 Å². The Bertz CT molecular complexity index is 1170. The molecule has 5 rings (SSSR count). The molecule has 0 spiro atoms. The number of halogens is 1. The van der Waals surface area contributed by atoms with Gasteiger partial charge in [0.1, 0.15) is 5.82 Å². The minimum atomic E-state index is 0.665. The van der Waals surface area contributed by atoms with Crippen LogP contribution in [0.15, 0.2) is 84.0 Å². The van der Waals surface area contributed by atoms with Crippen molar-refractivity contribution in [1.82, 2.24) is 15.4 Å². The number of rotatable bonds is 3. The Kier molecular flexibility index (Phi) is 4.18. The smallest absolute Gasteiger partial charge is 0.136 e. The molecule has 0 radical (unpaired) electrons. The van der Waals surface area contributed by atoms with Crippen molar-refractivity contribution < 1.29 is 0 Å². The minimum absolute atomic E-state index is 0.665. The number of aromatic amines is 1. The van der Waals surface area contributed by atoms with E-state index in [1.54, 1.807) is 0 Å². The van der Waals surface area contributed by atoms with Gasteiger partial charge < -0.3 is 4.98 Å². The number of hydrogen-bond donors (Lipinski definition) is 2. The van der Waals surface area contributed by atoms with E-state index in [-0.39, 0.29) is 0 Å². The van der Waals surface area contributed by atoms with Crippen molar-refractivity contribution in [2.75, 3.05) is 0 Å². The first kappa shape index (κ1) is 16.8. The van der Waals surface area contributed by atoms with Crippen LogP contribution in [0.3, 0.4) is 0 Å². The highest BCUT2D eigenvalue weighted by Gasteiger charge is 2.22. The predicted octanol–water partition coefficient (Wildman–Crippen LogP) is 5.48. The lowest BCUT2D eigenvalue weighted by Crippen LogP contribution is -2.19. The lowest BCUT2D eigenvalue weighted by molar-refractivity contribution is 0.959. The van der Waals surface area contributed by atoms with Crippen molar-refractivity contribution >= 4 is 39.6 Å². The monoisotopic (exact) mass is 384 g/mol. The summed E-state index contributed by atoms with van der Waals surface area (Å²) < 4.78 is 0. The van der Waals surface area contributed by atoms with E-state index in [2.05, 4.69) is 27.6 Å². The highest BCUT2D eigenvalue weighted by Crippen LogP contribution is 2.31. The molecule has 0 saturated carbocycles. The van der Waals surface area contributed by atoms with Crippen LogP contribution < -0.4 is 5.43 Å². The Morgan fingerprint density at radius 2 is 1.54 bits per heavy atom. The Balaban J connectivity index is 1.62. The number of H-pyrrole nitrogens is 1. The number of fused-ring (bicyclic) bond motifs is 1. The highest BCUT2D eigenvalue weighted by atomic mass is 35.5. The van der Waals surface area contributed by atoms with Gasteiger partial charge in [0.15, 0.2) is 0 Å². The largest absolute Gasteiger partial charge is 0.338 e. The molecular weight excluding hydrogens is 368 g/mol. The van der Waals surface area contributed by atoms with Crippen LogP contribution in [0.4, 0.5) is 0 Å². The number of hydrogen-bond acceptors (Lipinski definition) is 3. The van der Waals surface area contributed by atoms with Gasteiger partial charge in [-0.05, 0) is 35.4 Å². The normalized spacial score (nSPS) is 14.1. The lowest BCUT2D eigenvalue weighted by atomic mass is 9.96. The fraction of sp³-hybridized carbons (Fsp3) is 0.0435. The van der Waals surface area contributed by atoms with Crippen molar-refractivity contribution in [1.29, 1.82) is 0 Å². The van der Waals surface area contributed by atoms with Crippen LogP contribution in [0, 0.1) is 0 Å². The van der Waals surface area contributed by atoms with Crippen molar-refractivity contribution in [2.24, 2.45) is 5.10 Å². The molecule has 2 heterocycles. The Morgan fingerprint density at radius 1 is 0.786 bits per heavy atom. The molecule has 0 amide bonds. The summed E-state index contributed by atoms with van der Waals surface area (Å²) in [6, 6.07) is 26.0. The number of allylic oxidation sites excluding steroid dienone is 1. The molecular formula is C23H17ClN4. The fourth-order valence-electron chi connectivity index (χ4n) is 3.44. The summed E-state index contributed by atoms with van der Waals surface area (Å²) in [4.78, 5) is 8.29. The fourth-order valence-corrected chi connectivity index (χ4v) is 3.56. The molecule has 1 aliphatic rings. The summed E-state index contributed by atoms with van der Waals surface area (Å²) in [5.74, 6) is 0.855. The van der Waals surface area contributed by atoms with E-state index < -0.39 is 0 Å². The quantitative estimate of drug-likeness (QED) is 0.491. The Hall–Kier alpha value is -3.37. The van der Waals surface area contributed by atoms with Gasteiger partial charge in [-0.1, -0.05) is 66.2 Å². The third-order valence-corrected chi connectivity index (χ3v) is 5.12. The Labute approximate surface area is 167 Å². The molecule has 0 fully saturated rings. The predicted molar refractivity (Wildman–Crippen MR) is 115 cm³/mol. The first-order chi connectivity index (χ1) is 13.8. The summed E-state index contributed by atoms with van der Waals surface area (Å²) in [6.45, 7) is 0. The molecule has 4 aromatic rings. The molecule has 0 saturated heterocycles. The van der Waals surface area contributed by atoms with Crippen LogP contribution in [0.25, 0.3) is 22.3 Å². The standard InChI is InChI=1S/C23H17ClN4/c24-17-12-10-15(11-13-17)21-14-18(22(28-27-21)16-6-2-1-3-7-16)23-25-19-8-4-5-9-20(19)26-23/h1-13,28H,14H2,(H,25,26). The van der Waals surface area contributed by atoms with E-state index in [1.165, 1.54) is 0 Å². The van der Waals surface area contributed by atoms with Gasteiger partial charge in [-0.2, -0.15) is 5.10 Å². The highest BCUT2D eigenvalue weighted by molar-refractivity contribution is 6.30. The first-order valence-corrected chi connectivity index (χ1v) is 9.48. The average molecular weight is 385 g/mol. The first-order valence-electron chi connectivity index (χ1n) is 9.10. The molecule has 5 heteroatoms. The second-order valence-corrected chi connectivity index (χ2v) is 7.11. The summed E-state index contributed by atoms with van der Waals surface area (Å²) in [5.41, 5.74) is 10.4. The minimum Gasteiger partial charge on any atom is -0.338 e. The van der Waals surface area contributed by atoms with Gasteiger partial charge in [-0.15, -0.1) is 0 Å². The van der Waals surface area contributed by atoms with Gasteiger partial charge in [0.25, 0.3) is 0 Å². The molecule has 0 atom stereocenters. The number of nitrogens with one attached hydrogen (secondary N) is 2. The van der Waals surface area contributed by atoms with E-state index in [0.29, 0.717) is 11.4 Å². The van der Waals surface area contributed by atoms with Crippen LogP contribution >= 0.6 is 11.6 Å². The van der Waals surface area contributed by atoms with Crippen LogP contribution in [0.5, 0.6) is 0 Å². The van der Waals surface area contributed by atoms with E-state index in [9.17, 15) is 0 Å². The molecule has 1 aliphatic heterocycles. The maximum atomic E-state index is 6.04. The van der Waals surface area contributed by atoms with Gasteiger partial charge >= 0.3 is 0 Å². The number of hydrazone groups is 1. The van der Waals surface area contributed by atoms with Crippen molar-refractivity contribution in [2.45, 2.75) is 6.42 Å². The van der Waals surface area contributed by atoms with E-state index >= 15 is 0 Å². The number of aromatic nitrogens is 2. The zero-order valence-electron chi connectivity index (χ0n) is 15.0. The zero-order valence-corrected chi connectivity index (χ0v) is 15.7. The second kappa shape index (κ2) is 6.98. The number of imidazole rings is 1. The Morgan fingerprint density at radius 3 is 2.32 bits per heavy atom. The molecule has 136 valence electrons. The van der Waals surface area contributed by atoms with Crippen LogP contribution in [0.2, 0.25) is 5.02 Å². The summed E-state index contributed by atoms with van der Waals surface area (Å²) in [6.07, 6.45) is 0.665. The number of nitrogens with zero attached hydrogens (tertiary/aromatic N) is 2. The maximum Gasteiger partial charge on any atom is 0.136 e. The third-order valence-electron chi connectivity index (χ3n) is 4.86. The van der Waals surface area contributed by atoms with E-state index in [0.717, 1.165) is 45.0 Å². The molecule has 3 aromatic carbocycles. The molecule has 2 N–H and O–H groups in total. The summed E-state index contributed by atoms with van der Waals surface area (Å²) in [5, 5.41) is 5.35. The van der Waals surface area contributed by atoms with Gasteiger partial charge in [0.2, 0.25) is 0 Å². The molecule has 0 unspecified atom stereocenters. The van der Waals surface area contributed by atoms with Crippen LogP contribution in [-0.4, -0.2) is 15.7 Å². The summed E-state index contributed by atoms with van der Waals surface area (Å²) >= 11 is 6.04. The van der Waals surface area contributed by atoms with E-state index in [4.69, 9.17) is 16.6 Å². The summed E-state index contributed by atoms with van der Waals surface area (Å²) in [7, 11) is 0. The molecule has 28 heavy (non-hydrogen) atoms. The number of benzene rings is 3. The second-order valence-electron chi connectivity index (χ2n) is 6.68. The van der Waals surface area contributed by atoms with Crippen molar-refractivity contribution in [3.8, 4) is 0 Å². The van der Waals surface area contributed by atoms with Crippen LogP contribution in [0.1, 0.15) is 23.4 Å². The molecule has 0 bridgehead atoms. The van der Waals surface area contributed by atoms with Gasteiger partial charge in [0.05, 0.1) is 22.4 Å². The lowest BCUT2D eigenvalue weighted by Gasteiger charge is -2.21. The topological polar surface area (TPSA) is 53.1 Å². The average Bonchev–Trinajstić information content (AvgIpc) is 3.19. The van der Waals surface area contributed by atoms with Crippen molar-refractivity contribution in [3.63, 3.8) is 0 Å². The zero-order chi connectivity index (χ0) is 18.9. The third kappa shape index (κ3) is 3.08. The maximum absolute atomic E-state index is 6.04. The molecule has 0 aliphatic carbocycles. The van der Waals surface area contributed by atoms with Gasteiger partial charge in [0, 0.05) is 17.0 Å². The van der Waals surface area contributed by atoms with Gasteiger partial charge in [-0.25, -0.2) is 4.98 Å². The molecule has 1 aromatic heterocycles. The SMILES string of the molecule is Clc1ccc(C2=NNC(c3ccccc3)=C(c3nc4ccccc4[nH]3)C2)cc1. The van der Waals surface area contributed by atoms with E-state index in [1.807, 2.05) is 66.7 Å². The molecule has 4 nitrogen and oxygen atoms in total.